The maximum atomic E-state index is 13.3. The van der Waals surface area contributed by atoms with Crippen molar-refractivity contribution in [2.75, 3.05) is 7.11 Å². The number of hydrogen-bond acceptors (Lipinski definition) is 3. The lowest BCUT2D eigenvalue weighted by Crippen LogP contribution is -2.41. The normalized spacial score (nSPS) is 11.2. The number of halogens is 1. The van der Waals surface area contributed by atoms with Gasteiger partial charge in [0.15, 0.2) is 0 Å². The third kappa shape index (κ3) is 3.32. The lowest BCUT2D eigenvalue weighted by Gasteiger charge is -2.14. The number of carbonyl (C=O) groups excluding carboxylic acids is 2. The molecule has 0 aliphatic rings. The minimum absolute atomic E-state index is 0.0210. The molecule has 0 aromatic heterocycles. The molecule has 1 N–H and O–H groups in total. The van der Waals surface area contributed by atoms with Crippen LogP contribution in [-0.4, -0.2) is 25.0 Å². The van der Waals surface area contributed by atoms with Crippen LogP contribution >= 0.6 is 0 Å². The number of esters is 1. The van der Waals surface area contributed by atoms with Crippen LogP contribution in [0.5, 0.6) is 0 Å². The van der Waals surface area contributed by atoms with Gasteiger partial charge in [0.1, 0.15) is 11.9 Å². The van der Waals surface area contributed by atoms with Crippen LogP contribution < -0.4 is 5.32 Å². The highest BCUT2D eigenvalue weighted by molar-refractivity contribution is 5.97. The Hall–Kier alpha value is -2.35. The second kappa shape index (κ2) is 6.40. The molecular formula is C13H12FNO3. The van der Waals surface area contributed by atoms with Crippen molar-refractivity contribution in [3.8, 4) is 12.3 Å². The summed E-state index contributed by atoms with van der Waals surface area (Å²) in [6, 6.07) is 4.47. The molecule has 1 amide bonds. The Labute approximate surface area is 104 Å². The van der Waals surface area contributed by atoms with Crippen LogP contribution in [0.4, 0.5) is 4.39 Å². The minimum atomic E-state index is -0.980. The topological polar surface area (TPSA) is 55.4 Å². The average molecular weight is 249 g/mol. The average Bonchev–Trinajstić information content (AvgIpc) is 2.37. The predicted octanol–water partition coefficient (Wildman–Crippen LogP) is 1.12. The summed E-state index contributed by atoms with van der Waals surface area (Å²) in [5.41, 5.74) is -0.150. The van der Waals surface area contributed by atoms with Gasteiger partial charge >= 0.3 is 5.97 Å². The molecule has 18 heavy (non-hydrogen) atoms. The summed E-state index contributed by atoms with van der Waals surface area (Å²) in [5, 5.41) is 2.33. The molecule has 0 spiro atoms. The van der Waals surface area contributed by atoms with E-state index in [1.807, 2.05) is 0 Å². The molecule has 0 saturated heterocycles. The molecule has 0 unspecified atom stereocenters. The second-order valence-electron chi connectivity index (χ2n) is 3.44. The monoisotopic (exact) mass is 249 g/mol. The van der Waals surface area contributed by atoms with Crippen molar-refractivity contribution in [1.29, 1.82) is 0 Å². The summed E-state index contributed by atoms with van der Waals surface area (Å²) in [5.74, 6) is 0.200. The van der Waals surface area contributed by atoms with Gasteiger partial charge in [0.25, 0.3) is 5.91 Å². The molecule has 0 bridgehead atoms. The van der Waals surface area contributed by atoms with Gasteiger partial charge in [-0.15, -0.1) is 12.3 Å². The summed E-state index contributed by atoms with van der Waals surface area (Å²) in [6.07, 6.45) is 5.06. The zero-order valence-electron chi connectivity index (χ0n) is 9.77. The van der Waals surface area contributed by atoms with E-state index in [1.165, 1.54) is 25.3 Å². The van der Waals surface area contributed by atoms with Gasteiger partial charge in [-0.2, -0.15) is 0 Å². The van der Waals surface area contributed by atoms with E-state index in [0.29, 0.717) is 0 Å². The summed E-state index contributed by atoms with van der Waals surface area (Å²) in [4.78, 5) is 23.1. The SMILES string of the molecule is C#CC[C@H](NC(=O)c1ccccc1F)C(=O)OC. The number of carbonyl (C=O) groups is 2. The quantitative estimate of drug-likeness (QED) is 0.642. The van der Waals surface area contributed by atoms with Gasteiger partial charge in [-0.05, 0) is 12.1 Å². The zero-order chi connectivity index (χ0) is 13.5. The smallest absolute Gasteiger partial charge is 0.329 e. The molecule has 1 atom stereocenters. The van der Waals surface area contributed by atoms with Crippen LogP contribution in [-0.2, 0) is 9.53 Å². The molecule has 0 aliphatic heterocycles. The third-order valence-electron chi connectivity index (χ3n) is 2.23. The van der Waals surface area contributed by atoms with Gasteiger partial charge in [0, 0.05) is 6.42 Å². The fraction of sp³-hybridized carbons (Fsp3) is 0.231. The fourth-order valence-corrected chi connectivity index (χ4v) is 1.33. The zero-order valence-corrected chi connectivity index (χ0v) is 9.77. The largest absolute Gasteiger partial charge is 0.467 e. The van der Waals surface area contributed by atoms with Gasteiger partial charge in [-0.1, -0.05) is 12.1 Å². The molecule has 1 aromatic rings. The highest BCUT2D eigenvalue weighted by Gasteiger charge is 2.22. The molecule has 1 aromatic carbocycles. The van der Waals surface area contributed by atoms with Crippen molar-refractivity contribution in [1.82, 2.24) is 5.32 Å². The minimum Gasteiger partial charge on any atom is -0.467 e. The first-order valence-corrected chi connectivity index (χ1v) is 5.16. The van der Waals surface area contributed by atoms with Crippen molar-refractivity contribution in [3.05, 3.63) is 35.6 Å². The van der Waals surface area contributed by atoms with Crippen molar-refractivity contribution in [2.24, 2.45) is 0 Å². The molecule has 5 heteroatoms. The number of nitrogens with one attached hydrogen (secondary N) is 1. The maximum Gasteiger partial charge on any atom is 0.329 e. The van der Waals surface area contributed by atoms with Crippen LogP contribution in [0.3, 0.4) is 0 Å². The number of terminal acetylenes is 1. The van der Waals surface area contributed by atoms with Crippen LogP contribution in [0.15, 0.2) is 24.3 Å². The Kier molecular flexibility index (Phi) is 4.88. The van der Waals surface area contributed by atoms with E-state index in [2.05, 4.69) is 16.0 Å². The Bertz CT molecular complexity index is 493. The first kappa shape index (κ1) is 13.7. The van der Waals surface area contributed by atoms with Crippen molar-refractivity contribution in [3.63, 3.8) is 0 Å². The van der Waals surface area contributed by atoms with Crippen molar-refractivity contribution >= 4 is 11.9 Å². The maximum absolute atomic E-state index is 13.3. The second-order valence-corrected chi connectivity index (χ2v) is 3.44. The number of benzene rings is 1. The molecule has 4 nitrogen and oxygen atoms in total. The van der Waals surface area contributed by atoms with Gasteiger partial charge in [0.2, 0.25) is 0 Å². The number of amides is 1. The Morgan fingerprint density at radius 2 is 2.17 bits per heavy atom. The molecule has 0 saturated carbocycles. The molecule has 0 aliphatic carbocycles. The van der Waals surface area contributed by atoms with E-state index < -0.39 is 23.7 Å². The van der Waals surface area contributed by atoms with E-state index >= 15 is 0 Å². The summed E-state index contributed by atoms with van der Waals surface area (Å²) in [6.45, 7) is 0. The van der Waals surface area contributed by atoms with Crippen molar-refractivity contribution < 1.29 is 18.7 Å². The number of ether oxygens (including phenoxy) is 1. The molecule has 1 rings (SSSR count). The summed E-state index contributed by atoms with van der Waals surface area (Å²) >= 11 is 0. The van der Waals surface area contributed by atoms with E-state index in [9.17, 15) is 14.0 Å². The highest BCUT2D eigenvalue weighted by atomic mass is 19.1. The number of hydrogen-bond donors (Lipinski definition) is 1. The molecular weight excluding hydrogens is 237 g/mol. The lowest BCUT2D eigenvalue weighted by atomic mass is 10.1. The van der Waals surface area contributed by atoms with Crippen LogP contribution in [0.2, 0.25) is 0 Å². The van der Waals surface area contributed by atoms with E-state index in [-0.39, 0.29) is 12.0 Å². The molecule has 94 valence electrons. The summed E-state index contributed by atoms with van der Waals surface area (Å²) in [7, 11) is 1.18. The first-order valence-electron chi connectivity index (χ1n) is 5.16. The number of methoxy groups -OCH3 is 1. The third-order valence-corrected chi connectivity index (χ3v) is 2.23. The Morgan fingerprint density at radius 3 is 2.72 bits per heavy atom. The lowest BCUT2D eigenvalue weighted by molar-refractivity contribution is -0.142. The van der Waals surface area contributed by atoms with Crippen molar-refractivity contribution in [2.45, 2.75) is 12.5 Å². The van der Waals surface area contributed by atoms with E-state index in [0.717, 1.165) is 6.07 Å². The Morgan fingerprint density at radius 1 is 1.50 bits per heavy atom. The van der Waals surface area contributed by atoms with Crippen LogP contribution in [0.25, 0.3) is 0 Å². The highest BCUT2D eigenvalue weighted by Crippen LogP contribution is 2.07. The van der Waals surface area contributed by atoms with Crippen LogP contribution in [0, 0.1) is 18.2 Å². The van der Waals surface area contributed by atoms with E-state index in [4.69, 9.17) is 6.42 Å². The Balaban J connectivity index is 2.83. The van der Waals surface area contributed by atoms with E-state index in [1.54, 1.807) is 0 Å². The standard InChI is InChI=1S/C13H12FNO3/c1-3-6-11(13(17)18-2)15-12(16)9-7-4-5-8-10(9)14/h1,4-5,7-8,11H,6H2,2H3,(H,15,16)/t11-/m0/s1. The van der Waals surface area contributed by atoms with Gasteiger partial charge in [-0.3, -0.25) is 4.79 Å². The molecule has 0 radical (unpaired) electrons. The fourth-order valence-electron chi connectivity index (χ4n) is 1.33. The van der Waals surface area contributed by atoms with Crippen LogP contribution in [0.1, 0.15) is 16.8 Å². The van der Waals surface area contributed by atoms with Gasteiger partial charge in [-0.25, -0.2) is 9.18 Å². The molecule has 0 heterocycles. The van der Waals surface area contributed by atoms with Gasteiger partial charge in [0.05, 0.1) is 12.7 Å². The molecule has 0 fully saturated rings. The summed E-state index contributed by atoms with van der Waals surface area (Å²) < 4.78 is 17.8. The van der Waals surface area contributed by atoms with Gasteiger partial charge < -0.3 is 10.1 Å². The number of rotatable bonds is 4. The predicted molar refractivity (Wildman–Crippen MR) is 63.1 cm³/mol. The first-order chi connectivity index (χ1) is 8.60.